The zero-order chi connectivity index (χ0) is 54.9. The van der Waals surface area contributed by atoms with E-state index in [0.29, 0.717) is 94.6 Å². The lowest BCUT2D eigenvalue weighted by atomic mass is 10.1. The number of nitrogens with one attached hydrogen (secondary N) is 4. The number of para-hydroxylation sites is 2. The number of halogens is 3. The molecule has 5 aromatic carbocycles. The van der Waals surface area contributed by atoms with Crippen LogP contribution in [-0.2, 0) is 25.5 Å². The maximum atomic E-state index is 14.0. The molecule has 2 aliphatic rings. The summed E-state index contributed by atoms with van der Waals surface area (Å²) in [7, 11) is -5.49. The van der Waals surface area contributed by atoms with Crippen LogP contribution in [0.5, 0.6) is 11.5 Å². The molecule has 0 bridgehead atoms. The van der Waals surface area contributed by atoms with Gasteiger partial charge in [-0.2, -0.15) is 9.97 Å². The number of rotatable bonds is 17. The highest BCUT2D eigenvalue weighted by Gasteiger charge is 2.32. The molecule has 0 radical (unpaired) electrons. The van der Waals surface area contributed by atoms with Gasteiger partial charge in [0.1, 0.15) is 42.0 Å². The number of ether oxygens (including phenoxy) is 2. The smallest absolute Gasteiger partial charge is 0.229 e. The third-order valence-corrected chi connectivity index (χ3v) is 20.6. The number of piperidine rings is 1. The molecule has 0 spiro atoms. The van der Waals surface area contributed by atoms with Crippen molar-refractivity contribution < 1.29 is 31.4 Å². The van der Waals surface area contributed by atoms with Crippen molar-refractivity contribution >= 4 is 110 Å². The third-order valence-electron chi connectivity index (χ3n) is 13.2. The molecule has 0 aliphatic carbocycles. The van der Waals surface area contributed by atoms with Crippen molar-refractivity contribution in [1.82, 2.24) is 24.8 Å². The van der Waals surface area contributed by atoms with Gasteiger partial charge in [-0.15, -0.1) is 0 Å². The van der Waals surface area contributed by atoms with Crippen molar-refractivity contribution in [3.63, 3.8) is 0 Å². The second kappa shape index (κ2) is 25.0. The predicted octanol–water partition coefficient (Wildman–Crippen LogP) is 12.1. The Labute approximate surface area is 460 Å². The number of aromatic nitrogens is 4. The molecule has 0 atom stereocenters. The second-order valence-corrected chi connectivity index (χ2v) is 28.9. The third kappa shape index (κ3) is 14.3. The standard InChI is InChI=1S/C31H35ClN5O4PS.C24H28ClFN5O2P/c1-22(2)43(39,40)29-12-8-7-11-27(29)34-30-25(32)20-33-31(36-30)35-26-14-13-24(19-28(26)41-3)42(38)17-15-37(16-18-42)21-23-9-5-4-6-10-23;1-33-21-14-17(31-12-10-16(26)11-13-31)8-9-19(21)29-24-27-15-18(25)23(30-24)28-20-6-4-5-7-22(20)34(2,3)32/h4-14,19-20,22H,15-18,21H2,1-3H3,(H2,33,34,35,36);4-9,14-16H,10-13H2,1-3H3,(H2,27,28,29,30). The van der Waals surface area contributed by atoms with Crippen LogP contribution in [0.3, 0.4) is 0 Å². The summed E-state index contributed by atoms with van der Waals surface area (Å²) in [5.74, 6) is 2.32. The number of hydrogen-bond donors (Lipinski definition) is 4. The van der Waals surface area contributed by atoms with E-state index in [9.17, 15) is 21.9 Å². The molecular weight excluding hydrogens is 1080 g/mol. The second-order valence-electron chi connectivity index (χ2n) is 19.3. The minimum Gasteiger partial charge on any atom is -0.495 e. The summed E-state index contributed by atoms with van der Waals surface area (Å²) in [4.78, 5) is 22.3. The summed E-state index contributed by atoms with van der Waals surface area (Å²) in [6.07, 6.45) is 4.49. The van der Waals surface area contributed by atoms with E-state index < -0.39 is 35.5 Å². The Morgan fingerprint density at radius 1 is 0.701 bits per heavy atom. The average molecular weight is 1140 g/mol. The Balaban J connectivity index is 0.000000209. The van der Waals surface area contributed by atoms with Crippen molar-refractivity contribution in [2.45, 2.75) is 49.6 Å². The first-order valence-corrected chi connectivity index (χ1v) is 32.0. The van der Waals surface area contributed by atoms with Gasteiger partial charge in [0.15, 0.2) is 21.5 Å². The fraction of sp³-hybridized carbons (Fsp3) is 0.309. The maximum absolute atomic E-state index is 14.0. The number of anilines is 9. The van der Waals surface area contributed by atoms with Crippen molar-refractivity contribution in [2.75, 3.05) is 92.2 Å². The van der Waals surface area contributed by atoms with Crippen LogP contribution in [0.4, 0.5) is 56.4 Å². The van der Waals surface area contributed by atoms with E-state index in [4.69, 9.17) is 32.7 Å². The van der Waals surface area contributed by atoms with Crippen LogP contribution in [0.2, 0.25) is 10.0 Å². The Morgan fingerprint density at radius 3 is 1.82 bits per heavy atom. The largest absolute Gasteiger partial charge is 0.495 e. The molecule has 22 heteroatoms. The molecule has 77 heavy (non-hydrogen) atoms. The number of nitrogens with zero attached hydrogens (tertiary/aromatic N) is 6. The van der Waals surface area contributed by atoms with E-state index in [1.807, 2.05) is 78.9 Å². The molecule has 2 aromatic heterocycles. The van der Waals surface area contributed by atoms with Gasteiger partial charge in [-0.3, -0.25) is 4.90 Å². The molecule has 2 fully saturated rings. The SMILES string of the molecule is COc1cc(N2CCC(F)CC2)ccc1Nc1ncc(Cl)c(Nc2ccccc2P(C)(C)=O)n1.COc1cc(P2(=O)CCN(Cc3ccccc3)CC2)ccc1Nc1ncc(Cl)c(Nc2ccccc2S(=O)(=O)C(C)C)n1. The summed E-state index contributed by atoms with van der Waals surface area (Å²) in [6, 6.07) is 35.6. The molecule has 9 rings (SSSR count). The van der Waals surface area contributed by atoms with Crippen LogP contribution in [0.25, 0.3) is 0 Å². The van der Waals surface area contributed by atoms with Crippen LogP contribution < -0.4 is 46.2 Å². The predicted molar refractivity (Wildman–Crippen MR) is 313 cm³/mol. The first-order chi connectivity index (χ1) is 36.8. The Bertz CT molecular complexity index is 3400. The van der Waals surface area contributed by atoms with Crippen molar-refractivity contribution in [1.29, 1.82) is 0 Å². The lowest BCUT2D eigenvalue weighted by Gasteiger charge is -2.32. The highest BCUT2D eigenvalue weighted by Crippen LogP contribution is 2.48. The Kier molecular flexibility index (Phi) is 18.5. The molecule has 2 saturated heterocycles. The first kappa shape index (κ1) is 56.9. The number of methoxy groups -OCH3 is 2. The van der Waals surface area contributed by atoms with Gasteiger partial charge in [0, 0.05) is 67.4 Å². The maximum Gasteiger partial charge on any atom is 0.229 e. The normalized spacial score (nSPS) is 15.0. The van der Waals surface area contributed by atoms with Gasteiger partial charge in [0.25, 0.3) is 0 Å². The van der Waals surface area contributed by atoms with Crippen LogP contribution in [0.1, 0.15) is 32.3 Å². The van der Waals surface area contributed by atoms with Crippen molar-refractivity contribution in [2.24, 2.45) is 0 Å². The van der Waals surface area contributed by atoms with Crippen molar-refractivity contribution in [3.05, 3.63) is 143 Å². The topological polar surface area (TPSA) is 193 Å². The number of alkyl halides is 1. The summed E-state index contributed by atoms with van der Waals surface area (Å²) < 4.78 is 77.2. The molecule has 7 aromatic rings. The van der Waals surface area contributed by atoms with Gasteiger partial charge >= 0.3 is 0 Å². The zero-order valence-corrected chi connectivity index (χ0v) is 47.8. The van der Waals surface area contributed by atoms with Crippen LogP contribution in [0.15, 0.2) is 133 Å². The number of benzene rings is 5. The van der Waals surface area contributed by atoms with Gasteiger partial charge in [0.2, 0.25) is 11.9 Å². The minimum atomic E-state index is -3.55. The van der Waals surface area contributed by atoms with E-state index in [0.717, 1.165) is 30.6 Å². The highest BCUT2D eigenvalue weighted by atomic mass is 35.5. The molecular formula is C55H63Cl2FN10O6P2S. The average Bonchev–Trinajstić information content (AvgIpc) is 3.42. The Morgan fingerprint density at radius 2 is 1.23 bits per heavy atom. The molecule has 16 nitrogen and oxygen atoms in total. The monoisotopic (exact) mass is 1140 g/mol. The Hall–Kier alpha value is -6.26. The summed E-state index contributed by atoms with van der Waals surface area (Å²) in [5.41, 5.74) is 4.56. The van der Waals surface area contributed by atoms with E-state index in [1.165, 1.54) is 18.0 Å². The summed E-state index contributed by atoms with van der Waals surface area (Å²) in [6.45, 7) is 10.5. The minimum absolute atomic E-state index is 0.159. The summed E-state index contributed by atoms with van der Waals surface area (Å²) >= 11 is 12.7. The lowest BCUT2D eigenvalue weighted by Crippen LogP contribution is -2.36. The quantitative estimate of drug-likeness (QED) is 0.0629. The fourth-order valence-electron chi connectivity index (χ4n) is 8.86. The fourth-order valence-corrected chi connectivity index (χ4v) is 14.1. The van der Waals surface area contributed by atoms with Gasteiger partial charge in [-0.05, 0) is 100 Å². The van der Waals surface area contributed by atoms with E-state index in [2.05, 4.69) is 63.1 Å². The molecule has 0 amide bonds. The van der Waals surface area contributed by atoms with E-state index in [-0.39, 0.29) is 21.7 Å². The molecule has 406 valence electrons. The number of sulfone groups is 1. The molecule has 4 heterocycles. The van der Waals surface area contributed by atoms with Gasteiger partial charge in [-0.25, -0.2) is 22.8 Å². The molecule has 0 unspecified atom stereocenters. The van der Waals surface area contributed by atoms with Crippen LogP contribution >= 0.6 is 37.5 Å². The lowest BCUT2D eigenvalue weighted by molar-refractivity contribution is 0.277. The van der Waals surface area contributed by atoms with E-state index >= 15 is 0 Å². The molecule has 2 aliphatic heterocycles. The molecule has 4 N–H and O–H groups in total. The van der Waals surface area contributed by atoms with Crippen LogP contribution in [0, 0.1) is 0 Å². The highest BCUT2D eigenvalue weighted by molar-refractivity contribution is 7.92. The van der Waals surface area contributed by atoms with Crippen molar-refractivity contribution in [3.8, 4) is 11.5 Å². The molecule has 0 saturated carbocycles. The first-order valence-electron chi connectivity index (χ1n) is 25.0. The summed E-state index contributed by atoms with van der Waals surface area (Å²) in [5, 5.41) is 14.1. The van der Waals surface area contributed by atoms with Gasteiger partial charge in [0.05, 0.1) is 59.5 Å². The van der Waals surface area contributed by atoms with E-state index in [1.54, 1.807) is 65.7 Å². The van der Waals surface area contributed by atoms with Crippen LogP contribution in [-0.4, -0.2) is 111 Å². The van der Waals surface area contributed by atoms with Gasteiger partial charge in [-0.1, -0.05) is 77.8 Å². The van der Waals surface area contributed by atoms with Gasteiger partial charge < -0.3 is 44.8 Å². The zero-order valence-electron chi connectivity index (χ0n) is 43.7. The number of hydrogen-bond acceptors (Lipinski definition) is 16.